The van der Waals surface area contributed by atoms with Gasteiger partial charge in [-0.25, -0.2) is 0 Å². The topological polar surface area (TPSA) is 75.7 Å². The van der Waals surface area contributed by atoms with Gasteiger partial charge in [0.05, 0.1) is 18.4 Å². The van der Waals surface area contributed by atoms with Crippen LogP contribution in [-0.2, 0) is 14.4 Å². The van der Waals surface area contributed by atoms with Crippen molar-refractivity contribution in [3.8, 4) is 5.75 Å². The average Bonchev–Trinajstić information content (AvgIpc) is 2.99. The molecule has 2 fully saturated rings. The predicted octanol–water partition coefficient (Wildman–Crippen LogP) is 3.00. The maximum absolute atomic E-state index is 13.1. The second kappa shape index (κ2) is 7.41. The fraction of sp³-hybridized carbons (Fsp3) is 0.500. The summed E-state index contributed by atoms with van der Waals surface area (Å²) >= 11 is 0. The third-order valence-corrected chi connectivity index (χ3v) is 6.23. The molecule has 148 valence electrons. The zero-order valence-corrected chi connectivity index (χ0v) is 16.3. The minimum atomic E-state index is -0.781. The summed E-state index contributed by atoms with van der Waals surface area (Å²) in [4.78, 5) is 40.3. The van der Waals surface area contributed by atoms with Gasteiger partial charge in [-0.15, -0.1) is 0 Å². The summed E-state index contributed by atoms with van der Waals surface area (Å²) in [7, 11) is 0. The van der Waals surface area contributed by atoms with Gasteiger partial charge in [0.25, 0.3) is 0 Å². The molecule has 5 atom stereocenters. The summed E-state index contributed by atoms with van der Waals surface area (Å²) in [5, 5.41) is 2.84. The van der Waals surface area contributed by atoms with Crippen LogP contribution >= 0.6 is 0 Å². The number of hydrogen-bond acceptors (Lipinski definition) is 4. The van der Waals surface area contributed by atoms with Crippen LogP contribution in [0.2, 0.25) is 0 Å². The lowest BCUT2D eigenvalue weighted by molar-refractivity contribution is -0.146. The number of likely N-dealkylation sites (tertiary alicyclic amines) is 1. The molecule has 1 heterocycles. The van der Waals surface area contributed by atoms with Gasteiger partial charge in [0.15, 0.2) is 0 Å². The number of nitrogens with zero attached hydrogens (tertiary/aromatic N) is 1. The first kappa shape index (κ1) is 18.7. The number of anilines is 1. The number of allylic oxidation sites excluding steroid dienone is 2. The number of carbonyl (C=O) groups is 3. The highest BCUT2D eigenvalue weighted by atomic mass is 16.5. The fourth-order valence-corrected chi connectivity index (χ4v) is 4.92. The minimum absolute atomic E-state index is 0.128. The van der Waals surface area contributed by atoms with Crippen molar-refractivity contribution in [1.29, 1.82) is 0 Å². The lowest BCUT2D eigenvalue weighted by atomic mass is 9.63. The molecule has 1 saturated heterocycles. The van der Waals surface area contributed by atoms with Crippen LogP contribution in [-0.4, -0.2) is 35.3 Å². The van der Waals surface area contributed by atoms with E-state index in [0.29, 0.717) is 18.7 Å². The fourth-order valence-electron chi connectivity index (χ4n) is 4.92. The molecule has 1 N–H and O–H groups in total. The number of benzene rings is 1. The highest BCUT2D eigenvalue weighted by Gasteiger charge is 2.58. The van der Waals surface area contributed by atoms with Crippen LogP contribution in [0.4, 0.5) is 5.69 Å². The Labute approximate surface area is 164 Å². The molecule has 3 amide bonds. The van der Waals surface area contributed by atoms with Gasteiger partial charge < -0.3 is 10.1 Å². The van der Waals surface area contributed by atoms with E-state index >= 15 is 0 Å². The molecule has 4 aliphatic rings. The Hall–Kier alpha value is -2.63. The SMILES string of the molecule is CCOc1ccc(NC(=O)[C@H](CC)N2C(=O)[C@@H]3[C@H](C2=O)[C@H]2C=C[C@H]3CC2)cc1. The molecule has 1 aromatic rings. The van der Waals surface area contributed by atoms with Crippen molar-refractivity contribution in [3.63, 3.8) is 0 Å². The molecule has 6 nitrogen and oxygen atoms in total. The highest BCUT2D eigenvalue weighted by molar-refractivity contribution is 6.10. The van der Waals surface area contributed by atoms with E-state index in [4.69, 9.17) is 4.74 Å². The summed E-state index contributed by atoms with van der Waals surface area (Å²) in [6.45, 7) is 4.31. The van der Waals surface area contributed by atoms with E-state index in [1.807, 2.05) is 13.8 Å². The summed E-state index contributed by atoms with van der Waals surface area (Å²) in [6, 6.07) is 6.30. The van der Waals surface area contributed by atoms with E-state index in [9.17, 15) is 14.4 Å². The van der Waals surface area contributed by atoms with Gasteiger partial charge in [-0.1, -0.05) is 19.1 Å². The Bertz CT molecular complexity index is 784. The maximum atomic E-state index is 13.1. The first-order valence-electron chi connectivity index (χ1n) is 10.1. The molecular weight excluding hydrogens is 356 g/mol. The predicted molar refractivity (Wildman–Crippen MR) is 105 cm³/mol. The number of amides is 3. The maximum Gasteiger partial charge on any atom is 0.247 e. The van der Waals surface area contributed by atoms with Crippen LogP contribution in [0.25, 0.3) is 0 Å². The Morgan fingerprint density at radius 3 is 2.11 bits per heavy atom. The molecule has 0 unspecified atom stereocenters. The normalized spacial score (nSPS) is 29.0. The second-order valence-electron chi connectivity index (χ2n) is 7.76. The molecule has 2 bridgehead atoms. The largest absolute Gasteiger partial charge is 0.494 e. The molecule has 1 aromatic carbocycles. The first-order valence-corrected chi connectivity index (χ1v) is 10.1. The minimum Gasteiger partial charge on any atom is -0.494 e. The molecule has 0 aromatic heterocycles. The van der Waals surface area contributed by atoms with Gasteiger partial charge in [-0.2, -0.15) is 0 Å². The number of ether oxygens (including phenoxy) is 1. The lowest BCUT2D eigenvalue weighted by Gasteiger charge is -2.38. The van der Waals surface area contributed by atoms with Crippen molar-refractivity contribution >= 4 is 23.4 Å². The van der Waals surface area contributed by atoms with E-state index in [2.05, 4.69) is 17.5 Å². The van der Waals surface area contributed by atoms with Gasteiger partial charge in [0.2, 0.25) is 17.7 Å². The molecule has 0 radical (unpaired) electrons. The number of carbonyl (C=O) groups excluding carboxylic acids is 3. The Kier molecular flexibility index (Phi) is 4.96. The van der Waals surface area contributed by atoms with E-state index in [1.54, 1.807) is 24.3 Å². The monoisotopic (exact) mass is 382 g/mol. The third-order valence-electron chi connectivity index (χ3n) is 6.23. The first-order chi connectivity index (χ1) is 13.5. The lowest BCUT2D eigenvalue weighted by Crippen LogP contribution is -2.47. The Morgan fingerprint density at radius 2 is 1.64 bits per heavy atom. The third kappa shape index (κ3) is 3.01. The van der Waals surface area contributed by atoms with Gasteiger partial charge in [-0.05, 0) is 62.3 Å². The molecule has 1 aliphatic heterocycles. The van der Waals surface area contributed by atoms with Gasteiger partial charge in [-0.3, -0.25) is 19.3 Å². The number of imide groups is 1. The van der Waals surface area contributed by atoms with E-state index < -0.39 is 6.04 Å². The molecule has 0 spiro atoms. The van der Waals surface area contributed by atoms with E-state index in [0.717, 1.165) is 18.6 Å². The van der Waals surface area contributed by atoms with Crippen LogP contribution in [0, 0.1) is 23.7 Å². The number of hydrogen-bond donors (Lipinski definition) is 1. The highest BCUT2D eigenvalue weighted by Crippen LogP contribution is 2.50. The van der Waals surface area contributed by atoms with Crippen molar-refractivity contribution in [2.45, 2.75) is 39.2 Å². The number of fused-ring (bicyclic) bond motifs is 1. The zero-order chi connectivity index (χ0) is 19.8. The van der Waals surface area contributed by atoms with Crippen LogP contribution in [0.15, 0.2) is 36.4 Å². The van der Waals surface area contributed by atoms with Crippen LogP contribution in [0.3, 0.4) is 0 Å². The zero-order valence-electron chi connectivity index (χ0n) is 16.3. The van der Waals surface area contributed by atoms with Gasteiger partial charge >= 0.3 is 0 Å². The quantitative estimate of drug-likeness (QED) is 0.606. The standard InChI is InChI=1S/C22H26N2O4/c1-3-17(20(25)23-15-9-11-16(12-10-15)28-4-2)24-21(26)18-13-5-6-14(8-7-13)19(18)22(24)27/h5-6,9-14,17-19H,3-4,7-8H2,1-2H3,(H,23,25)/t13-,14-,17-,18-,19+/m0/s1. The molecule has 5 rings (SSSR count). The molecule has 3 aliphatic carbocycles. The Balaban J connectivity index is 1.51. The van der Waals surface area contributed by atoms with Gasteiger partial charge in [0, 0.05) is 5.69 Å². The van der Waals surface area contributed by atoms with Crippen molar-refractivity contribution in [1.82, 2.24) is 4.90 Å². The number of nitrogens with one attached hydrogen (secondary N) is 1. The molecule has 28 heavy (non-hydrogen) atoms. The average molecular weight is 382 g/mol. The number of rotatable bonds is 6. The molecule has 6 heteroatoms. The van der Waals surface area contributed by atoms with Crippen molar-refractivity contribution in [2.24, 2.45) is 23.7 Å². The Morgan fingerprint density at radius 1 is 1.07 bits per heavy atom. The molecule has 1 saturated carbocycles. The van der Waals surface area contributed by atoms with Crippen molar-refractivity contribution in [3.05, 3.63) is 36.4 Å². The van der Waals surface area contributed by atoms with E-state index in [-0.39, 0.29) is 41.4 Å². The van der Waals surface area contributed by atoms with Crippen LogP contribution < -0.4 is 10.1 Å². The van der Waals surface area contributed by atoms with Crippen molar-refractivity contribution in [2.75, 3.05) is 11.9 Å². The van der Waals surface area contributed by atoms with Gasteiger partial charge in [0.1, 0.15) is 11.8 Å². The molecular formula is C22H26N2O4. The smallest absolute Gasteiger partial charge is 0.247 e. The summed E-state index contributed by atoms with van der Waals surface area (Å²) in [6.07, 6.45) is 6.47. The van der Waals surface area contributed by atoms with Crippen molar-refractivity contribution < 1.29 is 19.1 Å². The summed E-state index contributed by atoms with van der Waals surface area (Å²) in [5.74, 6) is -0.277. The summed E-state index contributed by atoms with van der Waals surface area (Å²) in [5.41, 5.74) is 0.616. The van der Waals surface area contributed by atoms with E-state index in [1.165, 1.54) is 4.90 Å². The summed E-state index contributed by atoms with van der Waals surface area (Å²) < 4.78 is 5.41. The second-order valence-corrected chi connectivity index (χ2v) is 7.76. The van der Waals surface area contributed by atoms with Crippen LogP contribution in [0.1, 0.15) is 33.1 Å². The van der Waals surface area contributed by atoms with Crippen LogP contribution in [0.5, 0.6) is 5.75 Å².